The van der Waals surface area contributed by atoms with Crippen molar-refractivity contribution < 1.29 is 14.4 Å². The normalized spacial score (nSPS) is 11.2. The zero-order valence-electron chi connectivity index (χ0n) is 17.1. The van der Waals surface area contributed by atoms with E-state index >= 15 is 0 Å². The fourth-order valence-corrected chi connectivity index (χ4v) is 4.06. The van der Waals surface area contributed by atoms with Gasteiger partial charge in [-0.05, 0) is 48.0 Å². The first kappa shape index (κ1) is 19.9. The van der Waals surface area contributed by atoms with Gasteiger partial charge in [0, 0.05) is 12.1 Å². The number of carbonyl (C=O) groups is 1. The van der Waals surface area contributed by atoms with Crippen LogP contribution in [0.3, 0.4) is 0 Å². The summed E-state index contributed by atoms with van der Waals surface area (Å²) in [4.78, 5) is 20.6. The molecule has 32 heavy (non-hydrogen) atoms. The standard InChI is InChI=1S/C24H18N4O3S/c1-14-25-20-8-4-7-19(23(29)30)21(20)28(14)13-15-9-11-16(12-10-15)17-5-2-3-6-18(17)22-26-24(32)31-27-22/h2-12H,13H2,1H3,(H,29,30)(H,26,27,32). The van der Waals surface area contributed by atoms with Crippen LogP contribution < -0.4 is 0 Å². The van der Waals surface area contributed by atoms with E-state index in [1.54, 1.807) is 12.1 Å². The lowest BCUT2D eigenvalue weighted by atomic mass is 9.98. The van der Waals surface area contributed by atoms with E-state index < -0.39 is 5.97 Å². The second kappa shape index (κ2) is 7.90. The van der Waals surface area contributed by atoms with E-state index in [0.717, 1.165) is 28.1 Å². The van der Waals surface area contributed by atoms with E-state index in [2.05, 4.69) is 15.1 Å². The average molecular weight is 443 g/mol. The Labute approximate surface area is 188 Å². The third-order valence-electron chi connectivity index (χ3n) is 5.41. The van der Waals surface area contributed by atoms with E-state index in [0.29, 0.717) is 23.4 Å². The molecular weight excluding hydrogens is 424 g/mol. The number of hydrogen-bond donors (Lipinski definition) is 2. The highest BCUT2D eigenvalue weighted by molar-refractivity contribution is 7.71. The molecule has 0 radical (unpaired) electrons. The molecule has 0 unspecified atom stereocenters. The summed E-state index contributed by atoms with van der Waals surface area (Å²) in [6, 6.07) is 21.2. The van der Waals surface area contributed by atoms with E-state index in [4.69, 9.17) is 16.7 Å². The molecule has 0 aliphatic heterocycles. The molecule has 3 aromatic carbocycles. The van der Waals surface area contributed by atoms with Crippen LogP contribution >= 0.6 is 12.2 Å². The van der Waals surface area contributed by atoms with Crippen LogP contribution in [0.1, 0.15) is 21.7 Å². The molecule has 2 heterocycles. The van der Waals surface area contributed by atoms with Crippen molar-refractivity contribution in [1.29, 1.82) is 0 Å². The SMILES string of the molecule is Cc1nc2cccc(C(=O)O)c2n1Cc1ccc(-c2ccccc2-c2nc(=S)o[nH]2)cc1. The number of aromatic carboxylic acids is 1. The minimum atomic E-state index is -0.962. The van der Waals surface area contributed by atoms with Crippen LogP contribution in [0.25, 0.3) is 33.5 Å². The molecule has 0 amide bonds. The number of fused-ring (bicyclic) bond motifs is 1. The Balaban J connectivity index is 1.51. The molecule has 2 aromatic heterocycles. The van der Waals surface area contributed by atoms with Gasteiger partial charge in [-0.25, -0.2) is 14.9 Å². The Morgan fingerprint density at radius 3 is 2.47 bits per heavy atom. The Hall–Kier alpha value is -4.04. The third-order valence-corrected chi connectivity index (χ3v) is 5.59. The van der Waals surface area contributed by atoms with E-state index in [1.807, 2.05) is 66.1 Å². The molecule has 0 aliphatic carbocycles. The largest absolute Gasteiger partial charge is 0.478 e. The number of benzene rings is 3. The Morgan fingerprint density at radius 2 is 1.78 bits per heavy atom. The molecule has 0 atom stereocenters. The highest BCUT2D eigenvalue weighted by atomic mass is 32.1. The number of carboxylic acids is 1. The Bertz CT molecular complexity index is 1510. The summed E-state index contributed by atoms with van der Waals surface area (Å²) < 4.78 is 7.03. The van der Waals surface area contributed by atoms with Crippen molar-refractivity contribution >= 4 is 29.2 Å². The van der Waals surface area contributed by atoms with Crippen LogP contribution in [-0.4, -0.2) is 30.8 Å². The maximum Gasteiger partial charge on any atom is 0.337 e. The van der Waals surface area contributed by atoms with Crippen molar-refractivity contribution in [3.8, 4) is 22.5 Å². The predicted molar refractivity (Wildman–Crippen MR) is 123 cm³/mol. The number of nitrogens with zero attached hydrogens (tertiary/aromatic N) is 3. The monoisotopic (exact) mass is 442 g/mol. The smallest absolute Gasteiger partial charge is 0.337 e. The number of hydrogen-bond acceptors (Lipinski definition) is 5. The summed E-state index contributed by atoms with van der Waals surface area (Å²) in [7, 11) is 0. The van der Waals surface area contributed by atoms with Crippen molar-refractivity contribution in [3.63, 3.8) is 0 Å². The van der Waals surface area contributed by atoms with Crippen molar-refractivity contribution in [2.45, 2.75) is 13.5 Å². The van der Waals surface area contributed by atoms with Crippen LogP contribution in [0.4, 0.5) is 0 Å². The van der Waals surface area contributed by atoms with Crippen LogP contribution in [0.2, 0.25) is 0 Å². The molecule has 7 nitrogen and oxygen atoms in total. The molecule has 5 aromatic rings. The van der Waals surface area contributed by atoms with Gasteiger partial charge in [-0.1, -0.05) is 54.6 Å². The number of aryl methyl sites for hydroxylation is 1. The first-order valence-corrected chi connectivity index (χ1v) is 10.4. The molecule has 5 rings (SSSR count). The number of carboxylic acid groups (broad SMARTS) is 1. The minimum absolute atomic E-state index is 0.161. The number of para-hydroxylation sites is 1. The van der Waals surface area contributed by atoms with Crippen molar-refractivity contribution in [2.24, 2.45) is 0 Å². The van der Waals surface area contributed by atoms with Crippen LogP contribution in [0, 0.1) is 11.8 Å². The van der Waals surface area contributed by atoms with Crippen LogP contribution in [-0.2, 0) is 6.54 Å². The maximum atomic E-state index is 11.7. The fraction of sp³-hybridized carbons (Fsp3) is 0.0833. The first-order valence-electron chi connectivity index (χ1n) is 9.94. The zero-order valence-corrected chi connectivity index (χ0v) is 17.9. The molecule has 0 spiro atoms. The molecule has 2 N–H and O–H groups in total. The molecule has 0 bridgehead atoms. The van der Waals surface area contributed by atoms with Gasteiger partial charge in [0.15, 0.2) is 5.82 Å². The van der Waals surface area contributed by atoms with Gasteiger partial charge in [0.05, 0.1) is 16.6 Å². The number of aromatic nitrogens is 4. The summed E-state index contributed by atoms with van der Waals surface area (Å²) in [5.74, 6) is 0.386. The first-order chi connectivity index (χ1) is 15.5. The lowest BCUT2D eigenvalue weighted by molar-refractivity contribution is 0.0698. The van der Waals surface area contributed by atoms with Gasteiger partial charge in [0.25, 0.3) is 0 Å². The lowest BCUT2D eigenvalue weighted by Crippen LogP contribution is -2.06. The fourth-order valence-electron chi connectivity index (χ4n) is 3.93. The molecule has 158 valence electrons. The summed E-state index contributed by atoms with van der Waals surface area (Å²) >= 11 is 4.98. The summed E-state index contributed by atoms with van der Waals surface area (Å²) in [5.41, 5.74) is 5.50. The van der Waals surface area contributed by atoms with Crippen LogP contribution in [0.5, 0.6) is 0 Å². The highest BCUT2D eigenvalue weighted by Gasteiger charge is 2.16. The quantitative estimate of drug-likeness (QED) is 0.350. The average Bonchev–Trinajstić information content (AvgIpc) is 3.37. The van der Waals surface area contributed by atoms with Crippen molar-refractivity contribution in [1.82, 2.24) is 19.7 Å². The van der Waals surface area contributed by atoms with Gasteiger partial charge in [0.2, 0.25) is 0 Å². The minimum Gasteiger partial charge on any atom is -0.478 e. The van der Waals surface area contributed by atoms with Crippen LogP contribution in [0.15, 0.2) is 71.3 Å². The topological polar surface area (TPSA) is 96.9 Å². The molecule has 0 saturated carbocycles. The summed E-state index contributed by atoms with van der Waals surface area (Å²) in [5, 5.41) is 12.4. The molecule has 0 aliphatic rings. The van der Waals surface area contributed by atoms with Gasteiger partial charge in [-0.2, -0.15) is 4.98 Å². The van der Waals surface area contributed by atoms with E-state index in [-0.39, 0.29) is 10.4 Å². The highest BCUT2D eigenvalue weighted by Crippen LogP contribution is 2.30. The number of aromatic amines is 1. The lowest BCUT2D eigenvalue weighted by Gasteiger charge is -2.11. The number of nitrogens with one attached hydrogen (secondary N) is 1. The van der Waals surface area contributed by atoms with Gasteiger partial charge in [-0.15, -0.1) is 0 Å². The second-order valence-corrected chi connectivity index (χ2v) is 7.75. The maximum absolute atomic E-state index is 11.7. The zero-order chi connectivity index (χ0) is 22.2. The van der Waals surface area contributed by atoms with Crippen molar-refractivity contribution in [3.05, 3.63) is 88.5 Å². The van der Waals surface area contributed by atoms with Gasteiger partial charge >= 0.3 is 10.8 Å². The summed E-state index contributed by atoms with van der Waals surface area (Å²) in [6.07, 6.45) is 0. The predicted octanol–water partition coefficient (Wildman–Crippen LogP) is 5.47. The second-order valence-electron chi connectivity index (χ2n) is 7.40. The van der Waals surface area contributed by atoms with E-state index in [9.17, 15) is 9.90 Å². The van der Waals surface area contributed by atoms with Gasteiger partial charge < -0.3 is 14.2 Å². The molecule has 8 heteroatoms. The molecular formula is C24H18N4O3S. The molecule has 0 fully saturated rings. The van der Waals surface area contributed by atoms with E-state index in [1.165, 1.54) is 0 Å². The van der Waals surface area contributed by atoms with Crippen molar-refractivity contribution in [2.75, 3.05) is 0 Å². The molecule has 0 saturated heterocycles. The number of imidazole rings is 1. The Morgan fingerprint density at radius 1 is 1.03 bits per heavy atom. The number of H-pyrrole nitrogens is 1. The number of rotatable bonds is 5. The van der Waals surface area contributed by atoms with Gasteiger partial charge in [-0.3, -0.25) is 0 Å². The Kier molecular flexibility index (Phi) is 4.91. The summed E-state index contributed by atoms with van der Waals surface area (Å²) in [6.45, 7) is 2.41. The third kappa shape index (κ3) is 3.50. The van der Waals surface area contributed by atoms with Gasteiger partial charge in [0.1, 0.15) is 5.82 Å².